The Morgan fingerprint density at radius 3 is 1.96 bits per heavy atom. The van der Waals surface area contributed by atoms with Crippen LogP contribution in [0, 0.1) is 6.92 Å². The van der Waals surface area contributed by atoms with Gasteiger partial charge >= 0.3 is 0 Å². The molecule has 0 amide bonds. The summed E-state index contributed by atoms with van der Waals surface area (Å²) in [5.41, 5.74) is 1.14. The number of nitrogens with one attached hydrogen (secondary N) is 1. The molecule has 0 aromatic heterocycles. The maximum Gasteiger partial charge on any atom is 0.215 e. The summed E-state index contributed by atoms with van der Waals surface area (Å²) < 4.78 is 42.3. The summed E-state index contributed by atoms with van der Waals surface area (Å²) in [4.78, 5) is 0. The molecule has 25 heavy (non-hydrogen) atoms. The maximum absolute atomic E-state index is 11.9. The van der Waals surface area contributed by atoms with E-state index in [4.69, 9.17) is 14.2 Å². The number of sulfonamides is 1. The van der Waals surface area contributed by atoms with Crippen molar-refractivity contribution in [2.45, 2.75) is 6.92 Å². The standard InChI is InChI=1S/C18H23NO5S/c1-15-3-5-17(6-4-15)23-12-11-19-25(20,21)14-13-24-18-9-7-16(22-2)8-10-18/h3-10,19H,11-14H2,1-2H3. The number of hydrogen-bond donors (Lipinski definition) is 1. The Balaban J connectivity index is 1.65. The highest BCUT2D eigenvalue weighted by atomic mass is 32.2. The zero-order chi connectivity index (χ0) is 18.1. The van der Waals surface area contributed by atoms with E-state index in [9.17, 15) is 8.42 Å². The lowest BCUT2D eigenvalue weighted by molar-refractivity contribution is 0.321. The third kappa shape index (κ3) is 7.03. The highest BCUT2D eigenvalue weighted by Crippen LogP contribution is 2.16. The summed E-state index contributed by atoms with van der Waals surface area (Å²) in [7, 11) is -1.83. The minimum absolute atomic E-state index is 0.0699. The molecule has 0 spiro atoms. The van der Waals surface area contributed by atoms with Crippen molar-refractivity contribution < 1.29 is 22.6 Å². The molecule has 7 heteroatoms. The zero-order valence-electron chi connectivity index (χ0n) is 14.4. The third-order valence-corrected chi connectivity index (χ3v) is 4.74. The van der Waals surface area contributed by atoms with Crippen LogP contribution in [-0.4, -0.2) is 41.0 Å². The van der Waals surface area contributed by atoms with Crippen molar-refractivity contribution in [2.24, 2.45) is 0 Å². The van der Waals surface area contributed by atoms with Crippen LogP contribution in [0.1, 0.15) is 5.56 Å². The van der Waals surface area contributed by atoms with Crippen molar-refractivity contribution in [1.82, 2.24) is 4.72 Å². The van der Waals surface area contributed by atoms with Gasteiger partial charge in [0, 0.05) is 6.54 Å². The minimum atomic E-state index is -3.41. The molecule has 0 radical (unpaired) electrons. The Labute approximate surface area is 148 Å². The molecule has 0 atom stereocenters. The summed E-state index contributed by atoms with van der Waals surface area (Å²) in [6.07, 6.45) is 0. The fourth-order valence-electron chi connectivity index (χ4n) is 2.01. The average molecular weight is 365 g/mol. The Morgan fingerprint density at radius 1 is 0.840 bits per heavy atom. The fourth-order valence-corrected chi connectivity index (χ4v) is 2.86. The molecule has 6 nitrogen and oxygen atoms in total. The zero-order valence-corrected chi connectivity index (χ0v) is 15.2. The quantitative estimate of drug-likeness (QED) is 0.655. The lowest BCUT2D eigenvalue weighted by Crippen LogP contribution is -2.32. The molecule has 2 rings (SSSR count). The molecule has 1 N–H and O–H groups in total. The second-order valence-corrected chi connectivity index (χ2v) is 7.33. The Hall–Kier alpha value is -2.25. The van der Waals surface area contributed by atoms with Crippen LogP contribution in [0.4, 0.5) is 0 Å². The highest BCUT2D eigenvalue weighted by Gasteiger charge is 2.10. The van der Waals surface area contributed by atoms with Crippen LogP contribution in [-0.2, 0) is 10.0 Å². The predicted molar refractivity (Wildman–Crippen MR) is 97.0 cm³/mol. The lowest BCUT2D eigenvalue weighted by atomic mass is 10.2. The predicted octanol–water partition coefficient (Wildman–Crippen LogP) is 2.38. The van der Waals surface area contributed by atoms with Crippen LogP contribution in [0.5, 0.6) is 17.2 Å². The van der Waals surface area contributed by atoms with Gasteiger partial charge in [-0.15, -0.1) is 0 Å². The van der Waals surface area contributed by atoms with Crippen LogP contribution in [0.25, 0.3) is 0 Å². The number of rotatable bonds is 10. The molecule has 2 aromatic rings. The van der Waals surface area contributed by atoms with E-state index in [0.717, 1.165) is 11.3 Å². The largest absolute Gasteiger partial charge is 0.497 e. The van der Waals surface area contributed by atoms with Crippen molar-refractivity contribution in [3.05, 3.63) is 54.1 Å². The van der Waals surface area contributed by atoms with E-state index in [1.54, 1.807) is 31.4 Å². The fraction of sp³-hybridized carbons (Fsp3) is 0.333. The van der Waals surface area contributed by atoms with Gasteiger partial charge in [-0.25, -0.2) is 13.1 Å². The molecule has 0 unspecified atom stereocenters. The Kier molecular flexibility index (Phi) is 7.09. The number of ether oxygens (including phenoxy) is 3. The van der Waals surface area contributed by atoms with E-state index >= 15 is 0 Å². The molecule has 2 aromatic carbocycles. The minimum Gasteiger partial charge on any atom is -0.497 e. The highest BCUT2D eigenvalue weighted by molar-refractivity contribution is 7.89. The number of aryl methyl sites for hydroxylation is 1. The van der Waals surface area contributed by atoms with Crippen molar-refractivity contribution in [2.75, 3.05) is 32.6 Å². The van der Waals surface area contributed by atoms with Crippen molar-refractivity contribution in [1.29, 1.82) is 0 Å². The van der Waals surface area contributed by atoms with Gasteiger partial charge in [-0.05, 0) is 43.3 Å². The van der Waals surface area contributed by atoms with Crippen LogP contribution in [0.2, 0.25) is 0 Å². The smallest absolute Gasteiger partial charge is 0.215 e. The first-order chi connectivity index (χ1) is 12.0. The molecule has 0 bridgehead atoms. The van der Waals surface area contributed by atoms with Gasteiger partial charge in [0.25, 0.3) is 0 Å². The summed E-state index contributed by atoms with van der Waals surface area (Å²) in [5, 5.41) is 0. The van der Waals surface area contributed by atoms with Crippen molar-refractivity contribution >= 4 is 10.0 Å². The first kappa shape index (κ1) is 19.1. The first-order valence-electron chi connectivity index (χ1n) is 7.92. The first-order valence-corrected chi connectivity index (χ1v) is 9.57. The molecule has 0 fully saturated rings. The lowest BCUT2D eigenvalue weighted by Gasteiger charge is -2.10. The molecule has 0 heterocycles. The van der Waals surface area contributed by atoms with Gasteiger partial charge < -0.3 is 14.2 Å². The van der Waals surface area contributed by atoms with Crippen LogP contribution in [0.3, 0.4) is 0 Å². The van der Waals surface area contributed by atoms with E-state index in [1.807, 2.05) is 31.2 Å². The van der Waals surface area contributed by atoms with E-state index in [-0.39, 0.29) is 25.5 Å². The summed E-state index contributed by atoms with van der Waals surface area (Å²) in [6, 6.07) is 14.6. The molecule has 0 saturated heterocycles. The number of hydrogen-bond acceptors (Lipinski definition) is 5. The second kappa shape index (κ2) is 9.29. The molecule has 136 valence electrons. The topological polar surface area (TPSA) is 73.9 Å². The van der Waals surface area contributed by atoms with Gasteiger partial charge in [0.05, 0.1) is 12.9 Å². The summed E-state index contributed by atoms with van der Waals surface area (Å²) in [5.74, 6) is 1.91. The molecule has 0 aliphatic heterocycles. The third-order valence-electron chi connectivity index (χ3n) is 3.39. The van der Waals surface area contributed by atoms with Crippen molar-refractivity contribution in [3.8, 4) is 17.2 Å². The normalized spacial score (nSPS) is 11.1. The van der Waals surface area contributed by atoms with E-state index in [1.165, 1.54) is 0 Å². The number of benzene rings is 2. The van der Waals surface area contributed by atoms with Crippen LogP contribution < -0.4 is 18.9 Å². The Bertz CT molecular complexity index is 742. The maximum atomic E-state index is 11.9. The number of methoxy groups -OCH3 is 1. The van der Waals surface area contributed by atoms with Gasteiger partial charge in [0.2, 0.25) is 10.0 Å². The SMILES string of the molecule is COc1ccc(OCCS(=O)(=O)NCCOc2ccc(C)cc2)cc1. The monoisotopic (exact) mass is 365 g/mol. The van der Waals surface area contributed by atoms with Crippen molar-refractivity contribution in [3.63, 3.8) is 0 Å². The molecular weight excluding hydrogens is 342 g/mol. The van der Waals surface area contributed by atoms with E-state index < -0.39 is 10.0 Å². The molecular formula is C18H23NO5S. The van der Waals surface area contributed by atoms with Gasteiger partial charge in [-0.3, -0.25) is 0 Å². The van der Waals surface area contributed by atoms with E-state index in [0.29, 0.717) is 11.5 Å². The van der Waals surface area contributed by atoms with Gasteiger partial charge in [0.1, 0.15) is 30.5 Å². The summed E-state index contributed by atoms with van der Waals surface area (Å²) in [6.45, 7) is 2.53. The van der Waals surface area contributed by atoms with Gasteiger partial charge in [-0.1, -0.05) is 17.7 Å². The van der Waals surface area contributed by atoms with Gasteiger partial charge in [0.15, 0.2) is 0 Å². The molecule has 0 aliphatic rings. The van der Waals surface area contributed by atoms with Crippen LogP contribution in [0.15, 0.2) is 48.5 Å². The summed E-state index contributed by atoms with van der Waals surface area (Å²) >= 11 is 0. The Morgan fingerprint density at radius 2 is 1.36 bits per heavy atom. The van der Waals surface area contributed by atoms with E-state index in [2.05, 4.69) is 4.72 Å². The average Bonchev–Trinajstić information content (AvgIpc) is 2.61. The van der Waals surface area contributed by atoms with Crippen LogP contribution >= 0.6 is 0 Å². The van der Waals surface area contributed by atoms with Gasteiger partial charge in [-0.2, -0.15) is 0 Å². The molecule has 0 saturated carbocycles. The molecule has 0 aliphatic carbocycles. The second-order valence-electron chi connectivity index (χ2n) is 5.40.